The summed E-state index contributed by atoms with van der Waals surface area (Å²) in [6.07, 6.45) is 0. The average Bonchev–Trinajstić information content (AvgIpc) is 2.71. The third kappa shape index (κ3) is 5.22. The number of ether oxygens (including phenoxy) is 3. The van der Waals surface area contributed by atoms with Gasteiger partial charge in [0.15, 0.2) is 13.2 Å². The maximum atomic E-state index is 11.8. The van der Waals surface area contributed by atoms with Gasteiger partial charge in [0.05, 0.1) is 7.11 Å². The smallest absolute Gasteiger partial charge is 0.344 e. The SMILES string of the molecule is COc1ccc(NC(=O)COC(=O)COc2ccc3ccccc3c2)cc1. The minimum atomic E-state index is -0.618. The number of benzene rings is 3. The minimum absolute atomic E-state index is 0.270. The molecule has 0 spiro atoms. The van der Waals surface area contributed by atoms with E-state index in [1.165, 1.54) is 0 Å². The maximum Gasteiger partial charge on any atom is 0.344 e. The van der Waals surface area contributed by atoms with E-state index >= 15 is 0 Å². The Hall–Kier alpha value is -3.54. The molecule has 0 saturated carbocycles. The molecule has 0 fully saturated rings. The summed E-state index contributed by atoms with van der Waals surface area (Å²) in [5, 5.41) is 4.73. The Morgan fingerprint density at radius 1 is 0.852 bits per heavy atom. The van der Waals surface area contributed by atoms with Crippen LogP contribution in [0.2, 0.25) is 0 Å². The number of nitrogens with one attached hydrogen (secondary N) is 1. The number of methoxy groups -OCH3 is 1. The Morgan fingerprint density at radius 2 is 1.56 bits per heavy atom. The summed E-state index contributed by atoms with van der Waals surface area (Å²) < 4.78 is 15.4. The Kier molecular flexibility index (Phi) is 5.89. The first-order chi connectivity index (χ1) is 13.1. The molecule has 1 N–H and O–H groups in total. The molecule has 0 saturated heterocycles. The standard InChI is InChI=1S/C21H19NO5/c1-25-18-10-7-17(8-11-18)22-20(23)13-27-21(24)14-26-19-9-6-15-4-2-3-5-16(15)12-19/h2-12H,13-14H2,1H3,(H,22,23). The molecule has 138 valence electrons. The minimum Gasteiger partial charge on any atom is -0.497 e. The highest BCUT2D eigenvalue weighted by molar-refractivity contribution is 5.92. The van der Waals surface area contributed by atoms with E-state index in [1.807, 2.05) is 36.4 Å². The molecule has 0 aliphatic rings. The molecule has 0 aliphatic heterocycles. The molecule has 6 heteroatoms. The molecule has 0 aliphatic carbocycles. The first-order valence-electron chi connectivity index (χ1n) is 8.35. The van der Waals surface area contributed by atoms with Crippen LogP contribution in [0.15, 0.2) is 66.7 Å². The number of carbonyl (C=O) groups excluding carboxylic acids is 2. The molecule has 3 aromatic rings. The highest BCUT2D eigenvalue weighted by Crippen LogP contribution is 2.20. The number of fused-ring (bicyclic) bond motifs is 1. The van der Waals surface area contributed by atoms with Crippen molar-refractivity contribution in [1.29, 1.82) is 0 Å². The highest BCUT2D eigenvalue weighted by atomic mass is 16.6. The molecule has 0 radical (unpaired) electrons. The average molecular weight is 365 g/mol. The quantitative estimate of drug-likeness (QED) is 0.650. The van der Waals surface area contributed by atoms with Gasteiger partial charge in [0, 0.05) is 5.69 Å². The van der Waals surface area contributed by atoms with Crippen molar-refractivity contribution in [1.82, 2.24) is 0 Å². The van der Waals surface area contributed by atoms with Crippen LogP contribution in [0.5, 0.6) is 11.5 Å². The molecule has 0 aromatic heterocycles. The van der Waals surface area contributed by atoms with Crippen molar-refractivity contribution in [3.8, 4) is 11.5 Å². The van der Waals surface area contributed by atoms with E-state index in [1.54, 1.807) is 37.4 Å². The van der Waals surface area contributed by atoms with Crippen molar-refractivity contribution in [2.45, 2.75) is 0 Å². The molecular formula is C21H19NO5. The van der Waals surface area contributed by atoms with Gasteiger partial charge in [-0.05, 0) is 47.2 Å². The largest absolute Gasteiger partial charge is 0.497 e. The summed E-state index contributed by atoms with van der Waals surface area (Å²) >= 11 is 0. The van der Waals surface area contributed by atoms with Gasteiger partial charge in [-0.3, -0.25) is 4.79 Å². The number of carbonyl (C=O) groups is 2. The van der Waals surface area contributed by atoms with Crippen LogP contribution in [0.3, 0.4) is 0 Å². The molecule has 3 rings (SSSR count). The number of hydrogen-bond acceptors (Lipinski definition) is 5. The number of amides is 1. The van der Waals surface area contributed by atoms with Gasteiger partial charge < -0.3 is 19.5 Å². The maximum absolute atomic E-state index is 11.8. The van der Waals surface area contributed by atoms with E-state index in [0.29, 0.717) is 17.2 Å². The van der Waals surface area contributed by atoms with E-state index in [9.17, 15) is 9.59 Å². The molecule has 1 amide bonds. The van der Waals surface area contributed by atoms with Gasteiger partial charge >= 0.3 is 5.97 Å². The van der Waals surface area contributed by atoms with Crippen molar-refractivity contribution in [2.24, 2.45) is 0 Å². The molecule has 3 aromatic carbocycles. The molecular weight excluding hydrogens is 346 g/mol. The Balaban J connectivity index is 1.43. The lowest BCUT2D eigenvalue weighted by atomic mass is 10.1. The molecule has 0 unspecified atom stereocenters. The van der Waals surface area contributed by atoms with Crippen molar-refractivity contribution >= 4 is 28.3 Å². The number of esters is 1. The second-order valence-electron chi connectivity index (χ2n) is 5.73. The van der Waals surface area contributed by atoms with E-state index < -0.39 is 11.9 Å². The van der Waals surface area contributed by atoms with E-state index in [2.05, 4.69) is 5.32 Å². The van der Waals surface area contributed by atoms with Gasteiger partial charge in [-0.15, -0.1) is 0 Å². The summed E-state index contributed by atoms with van der Waals surface area (Å²) in [6.45, 7) is -0.653. The van der Waals surface area contributed by atoms with E-state index in [4.69, 9.17) is 14.2 Å². The van der Waals surface area contributed by atoms with Gasteiger partial charge in [0.2, 0.25) is 0 Å². The topological polar surface area (TPSA) is 73.9 Å². The lowest BCUT2D eigenvalue weighted by molar-refractivity contribution is -0.149. The third-order valence-electron chi connectivity index (χ3n) is 3.82. The monoisotopic (exact) mass is 365 g/mol. The first-order valence-corrected chi connectivity index (χ1v) is 8.35. The highest BCUT2D eigenvalue weighted by Gasteiger charge is 2.09. The van der Waals surface area contributed by atoms with E-state index in [0.717, 1.165) is 10.8 Å². The van der Waals surface area contributed by atoms with Crippen molar-refractivity contribution in [2.75, 3.05) is 25.6 Å². The van der Waals surface area contributed by atoms with Crippen LogP contribution in [0.4, 0.5) is 5.69 Å². The van der Waals surface area contributed by atoms with Crippen LogP contribution in [-0.2, 0) is 14.3 Å². The lowest BCUT2D eigenvalue weighted by Gasteiger charge is -2.09. The van der Waals surface area contributed by atoms with Gasteiger partial charge in [-0.1, -0.05) is 30.3 Å². The zero-order valence-corrected chi connectivity index (χ0v) is 14.8. The first kappa shape index (κ1) is 18.3. The second-order valence-corrected chi connectivity index (χ2v) is 5.73. The lowest BCUT2D eigenvalue weighted by Crippen LogP contribution is -2.23. The van der Waals surface area contributed by atoms with Crippen molar-refractivity contribution in [3.63, 3.8) is 0 Å². The van der Waals surface area contributed by atoms with Crippen molar-refractivity contribution < 1.29 is 23.8 Å². The summed E-state index contributed by atoms with van der Waals surface area (Å²) in [6, 6.07) is 20.2. The number of hydrogen-bond donors (Lipinski definition) is 1. The van der Waals surface area contributed by atoms with E-state index in [-0.39, 0.29) is 13.2 Å². The fraction of sp³-hybridized carbons (Fsp3) is 0.143. The molecule has 6 nitrogen and oxygen atoms in total. The van der Waals surface area contributed by atoms with Crippen LogP contribution >= 0.6 is 0 Å². The fourth-order valence-electron chi connectivity index (χ4n) is 2.46. The molecule has 0 bridgehead atoms. The fourth-order valence-corrected chi connectivity index (χ4v) is 2.46. The van der Waals surface area contributed by atoms with Gasteiger partial charge in [-0.25, -0.2) is 4.79 Å². The third-order valence-corrected chi connectivity index (χ3v) is 3.82. The summed E-state index contributed by atoms with van der Waals surface area (Å²) in [5.74, 6) is 0.200. The number of anilines is 1. The molecule has 0 heterocycles. The van der Waals surface area contributed by atoms with Crippen LogP contribution in [0.25, 0.3) is 10.8 Å². The Morgan fingerprint density at radius 3 is 2.30 bits per heavy atom. The van der Waals surface area contributed by atoms with Crippen LogP contribution < -0.4 is 14.8 Å². The summed E-state index contributed by atoms with van der Waals surface area (Å²) in [7, 11) is 1.56. The number of rotatable bonds is 7. The zero-order valence-electron chi connectivity index (χ0n) is 14.8. The second kappa shape index (κ2) is 8.71. The zero-order chi connectivity index (χ0) is 19.1. The Bertz CT molecular complexity index is 937. The summed E-state index contributed by atoms with van der Waals surface area (Å²) in [5.41, 5.74) is 0.587. The van der Waals surface area contributed by atoms with Gasteiger partial charge in [0.25, 0.3) is 5.91 Å². The van der Waals surface area contributed by atoms with Gasteiger partial charge in [-0.2, -0.15) is 0 Å². The summed E-state index contributed by atoms with van der Waals surface area (Å²) in [4.78, 5) is 23.6. The van der Waals surface area contributed by atoms with Crippen LogP contribution in [0, 0.1) is 0 Å². The normalized spacial score (nSPS) is 10.3. The van der Waals surface area contributed by atoms with Crippen molar-refractivity contribution in [3.05, 3.63) is 66.7 Å². The van der Waals surface area contributed by atoms with Crippen LogP contribution in [0.1, 0.15) is 0 Å². The Labute approximate surface area is 156 Å². The molecule has 0 atom stereocenters. The predicted octanol–water partition coefficient (Wildman–Crippen LogP) is 3.41. The van der Waals surface area contributed by atoms with Crippen LogP contribution in [-0.4, -0.2) is 32.2 Å². The van der Waals surface area contributed by atoms with Gasteiger partial charge in [0.1, 0.15) is 11.5 Å². The predicted molar refractivity (Wildman–Crippen MR) is 102 cm³/mol. The molecule has 27 heavy (non-hydrogen) atoms.